The third kappa shape index (κ3) is 1.34. The Morgan fingerprint density at radius 3 is 2.92 bits per heavy atom. The molecular weight excluding hydrogens is 152 g/mol. The third-order valence-electron chi connectivity index (χ3n) is 2.15. The second-order valence-electron chi connectivity index (χ2n) is 3.32. The van der Waals surface area contributed by atoms with Crippen molar-refractivity contribution in [3.05, 3.63) is 11.6 Å². The molecule has 1 aliphatic rings. The van der Waals surface area contributed by atoms with Gasteiger partial charge in [-0.1, -0.05) is 0 Å². The highest BCUT2D eigenvalue weighted by Gasteiger charge is 2.28. The van der Waals surface area contributed by atoms with Gasteiger partial charge >= 0.3 is 0 Å². The Morgan fingerprint density at radius 2 is 2.33 bits per heavy atom. The van der Waals surface area contributed by atoms with E-state index < -0.39 is 0 Å². The maximum absolute atomic E-state index is 5.42. The van der Waals surface area contributed by atoms with E-state index in [-0.39, 0.29) is 0 Å². The van der Waals surface area contributed by atoms with E-state index in [2.05, 4.69) is 10.1 Å². The average molecular weight is 166 g/mol. The fourth-order valence-electron chi connectivity index (χ4n) is 1.38. The Morgan fingerprint density at radius 1 is 1.58 bits per heavy atom. The van der Waals surface area contributed by atoms with Gasteiger partial charge in [0, 0.05) is 19.4 Å². The molecule has 0 atom stereocenters. The van der Waals surface area contributed by atoms with E-state index >= 15 is 0 Å². The van der Waals surface area contributed by atoms with E-state index in [1.54, 1.807) is 0 Å². The van der Waals surface area contributed by atoms with Crippen LogP contribution in [0.4, 0.5) is 0 Å². The maximum atomic E-state index is 5.42. The van der Waals surface area contributed by atoms with Crippen LogP contribution >= 0.6 is 0 Å². The Bertz CT molecular complexity index is 275. The van der Waals surface area contributed by atoms with Gasteiger partial charge in [0.05, 0.1) is 0 Å². The van der Waals surface area contributed by atoms with Crippen LogP contribution in [0.1, 0.15) is 30.4 Å². The smallest absolute Gasteiger partial charge is 0.152 e. The summed E-state index contributed by atoms with van der Waals surface area (Å²) in [5.41, 5.74) is 5.42. The third-order valence-corrected chi connectivity index (χ3v) is 2.15. The molecule has 4 heteroatoms. The summed E-state index contributed by atoms with van der Waals surface area (Å²) in [6.45, 7) is 0.633. The van der Waals surface area contributed by atoms with Crippen molar-refractivity contribution in [1.29, 1.82) is 0 Å². The van der Waals surface area contributed by atoms with Gasteiger partial charge < -0.3 is 5.73 Å². The molecular formula is C8H14N4. The molecule has 0 radical (unpaired) electrons. The largest absolute Gasteiger partial charge is 0.330 e. The quantitative estimate of drug-likeness (QED) is 0.697. The van der Waals surface area contributed by atoms with Crippen molar-refractivity contribution in [2.24, 2.45) is 12.8 Å². The summed E-state index contributed by atoms with van der Waals surface area (Å²) >= 11 is 0. The van der Waals surface area contributed by atoms with E-state index in [0.29, 0.717) is 12.5 Å². The summed E-state index contributed by atoms with van der Waals surface area (Å²) in [4.78, 5) is 4.43. The lowest BCUT2D eigenvalue weighted by molar-refractivity contribution is 0.694. The van der Waals surface area contributed by atoms with Gasteiger partial charge in [0.25, 0.3) is 0 Å². The lowest BCUT2D eigenvalue weighted by Gasteiger charge is -1.92. The van der Waals surface area contributed by atoms with E-state index in [4.69, 9.17) is 5.73 Å². The van der Waals surface area contributed by atoms with Gasteiger partial charge in [-0.25, -0.2) is 4.98 Å². The minimum Gasteiger partial charge on any atom is -0.330 e. The van der Waals surface area contributed by atoms with Crippen LogP contribution < -0.4 is 5.73 Å². The molecule has 1 aliphatic carbocycles. The first kappa shape index (κ1) is 7.73. The first-order valence-electron chi connectivity index (χ1n) is 4.41. The highest BCUT2D eigenvalue weighted by Crippen LogP contribution is 2.38. The van der Waals surface area contributed by atoms with Crippen LogP contribution in [0.5, 0.6) is 0 Å². The lowest BCUT2D eigenvalue weighted by Crippen LogP contribution is -2.04. The Balaban J connectivity index is 2.18. The Hall–Kier alpha value is -0.900. The normalized spacial score (nSPS) is 16.8. The second-order valence-corrected chi connectivity index (χ2v) is 3.32. The van der Waals surface area contributed by atoms with Gasteiger partial charge in [-0.05, 0) is 19.4 Å². The number of hydrogen-bond donors (Lipinski definition) is 1. The van der Waals surface area contributed by atoms with Crippen LogP contribution in [0.25, 0.3) is 0 Å². The molecule has 0 saturated heterocycles. The van der Waals surface area contributed by atoms with Crippen molar-refractivity contribution in [3.63, 3.8) is 0 Å². The predicted molar refractivity (Wildman–Crippen MR) is 45.7 cm³/mol. The molecule has 1 saturated carbocycles. The molecule has 2 N–H and O–H groups in total. The standard InChI is InChI=1S/C8H14N4/c1-12-8(6-2-3-6)10-7(11-12)4-5-9/h6H,2-5,9H2,1H3. The van der Waals surface area contributed by atoms with Gasteiger partial charge in [0.2, 0.25) is 0 Å². The van der Waals surface area contributed by atoms with E-state index in [1.165, 1.54) is 12.8 Å². The summed E-state index contributed by atoms with van der Waals surface area (Å²) in [6.07, 6.45) is 3.34. The minimum absolute atomic E-state index is 0.633. The first-order valence-corrected chi connectivity index (χ1v) is 4.41. The molecule has 1 fully saturated rings. The number of hydrogen-bond acceptors (Lipinski definition) is 3. The minimum atomic E-state index is 0.633. The highest BCUT2D eigenvalue weighted by molar-refractivity contribution is 5.06. The van der Waals surface area contributed by atoms with Gasteiger partial charge in [0.15, 0.2) is 5.82 Å². The molecule has 2 rings (SSSR count). The van der Waals surface area contributed by atoms with Crippen LogP contribution in [0.15, 0.2) is 0 Å². The monoisotopic (exact) mass is 166 g/mol. The van der Waals surface area contributed by atoms with Crippen molar-refractivity contribution >= 4 is 0 Å². The summed E-state index contributed by atoms with van der Waals surface area (Å²) in [5.74, 6) is 2.70. The summed E-state index contributed by atoms with van der Waals surface area (Å²) in [5, 5.41) is 4.29. The van der Waals surface area contributed by atoms with Crippen molar-refractivity contribution < 1.29 is 0 Å². The molecule has 0 bridgehead atoms. The molecule has 0 aliphatic heterocycles. The van der Waals surface area contributed by atoms with E-state index in [1.807, 2.05) is 11.7 Å². The van der Waals surface area contributed by atoms with Crippen molar-refractivity contribution in [2.75, 3.05) is 6.54 Å². The maximum Gasteiger partial charge on any atom is 0.152 e. The number of aromatic nitrogens is 3. The topological polar surface area (TPSA) is 56.7 Å². The second kappa shape index (κ2) is 2.86. The SMILES string of the molecule is Cn1nc(CCN)nc1C1CC1. The molecule has 1 aromatic heterocycles. The molecule has 12 heavy (non-hydrogen) atoms. The molecule has 4 nitrogen and oxygen atoms in total. The molecule has 66 valence electrons. The van der Waals surface area contributed by atoms with Crippen LogP contribution in [-0.4, -0.2) is 21.3 Å². The van der Waals surface area contributed by atoms with E-state index in [9.17, 15) is 0 Å². The molecule has 1 aromatic rings. The van der Waals surface area contributed by atoms with Crippen LogP contribution in [0, 0.1) is 0 Å². The van der Waals surface area contributed by atoms with Crippen molar-refractivity contribution in [1.82, 2.24) is 14.8 Å². The molecule has 0 spiro atoms. The molecule has 1 heterocycles. The Kier molecular flexibility index (Phi) is 1.84. The fourth-order valence-corrected chi connectivity index (χ4v) is 1.38. The number of nitrogens with two attached hydrogens (primary N) is 1. The van der Waals surface area contributed by atoms with Gasteiger partial charge in [-0.15, -0.1) is 0 Å². The van der Waals surface area contributed by atoms with Gasteiger partial charge in [-0.3, -0.25) is 4.68 Å². The molecule has 0 amide bonds. The van der Waals surface area contributed by atoms with E-state index in [0.717, 1.165) is 18.1 Å². The predicted octanol–water partition coefficient (Wildman–Crippen LogP) is 0.194. The zero-order valence-corrected chi connectivity index (χ0v) is 7.32. The molecule has 0 unspecified atom stereocenters. The van der Waals surface area contributed by atoms with Gasteiger partial charge in [-0.2, -0.15) is 5.10 Å². The molecule has 0 aromatic carbocycles. The van der Waals surface area contributed by atoms with Crippen LogP contribution in [0.2, 0.25) is 0 Å². The highest BCUT2D eigenvalue weighted by atomic mass is 15.3. The number of aryl methyl sites for hydroxylation is 1. The van der Waals surface area contributed by atoms with Crippen LogP contribution in [-0.2, 0) is 13.5 Å². The summed E-state index contributed by atoms with van der Waals surface area (Å²) in [6, 6.07) is 0. The van der Waals surface area contributed by atoms with Crippen LogP contribution in [0.3, 0.4) is 0 Å². The fraction of sp³-hybridized carbons (Fsp3) is 0.750. The zero-order chi connectivity index (χ0) is 8.55. The first-order chi connectivity index (χ1) is 5.81. The Labute approximate surface area is 71.8 Å². The van der Waals surface area contributed by atoms with Gasteiger partial charge in [0.1, 0.15) is 5.82 Å². The summed E-state index contributed by atoms with van der Waals surface area (Å²) < 4.78 is 1.89. The van der Waals surface area contributed by atoms with Crippen molar-refractivity contribution in [3.8, 4) is 0 Å². The zero-order valence-electron chi connectivity index (χ0n) is 7.32. The van der Waals surface area contributed by atoms with Crippen molar-refractivity contribution in [2.45, 2.75) is 25.2 Å². The number of rotatable bonds is 3. The average Bonchev–Trinajstić information content (AvgIpc) is 2.79. The summed E-state index contributed by atoms with van der Waals surface area (Å²) in [7, 11) is 1.96. The lowest BCUT2D eigenvalue weighted by atomic mass is 10.4. The number of nitrogens with zero attached hydrogens (tertiary/aromatic N) is 3.